The van der Waals surface area contributed by atoms with Crippen molar-refractivity contribution in [1.29, 1.82) is 5.26 Å². The fraction of sp³-hybridized carbons (Fsp3) is 0.375. The van der Waals surface area contributed by atoms with E-state index < -0.39 is 18.1 Å². The standard InChI is InChI=1S/C24H25ClN4O3/c1-14-6-7-15(8-20(14)25)21(22(30)23(27)31)28-10-17-12-29(13-18(17)11-28)24(32)19-5-3-2-4-16(19)9-26/h2-8,17-18,21-22,30H,10-13H2,1H3,(H2,27,31). The van der Waals surface area contributed by atoms with Gasteiger partial charge >= 0.3 is 0 Å². The second kappa shape index (κ2) is 8.91. The molecule has 2 aromatic rings. The molecule has 4 rings (SSSR count). The Labute approximate surface area is 192 Å². The Bertz CT molecular complexity index is 1080. The predicted molar refractivity (Wildman–Crippen MR) is 120 cm³/mol. The normalized spacial score (nSPS) is 22.2. The van der Waals surface area contributed by atoms with E-state index in [0.29, 0.717) is 42.3 Å². The zero-order chi connectivity index (χ0) is 23.0. The molecule has 0 bridgehead atoms. The molecule has 166 valence electrons. The molecule has 2 aromatic carbocycles. The molecule has 2 aliphatic rings. The molecule has 2 saturated heterocycles. The van der Waals surface area contributed by atoms with E-state index >= 15 is 0 Å². The Kier molecular flexibility index (Phi) is 6.20. The van der Waals surface area contributed by atoms with E-state index in [-0.39, 0.29) is 17.7 Å². The molecule has 0 spiro atoms. The Hall–Kier alpha value is -2.92. The van der Waals surface area contributed by atoms with E-state index in [9.17, 15) is 20.0 Å². The molecule has 4 unspecified atom stereocenters. The van der Waals surface area contributed by atoms with E-state index in [1.165, 1.54) is 0 Å². The average molecular weight is 453 g/mol. The van der Waals surface area contributed by atoms with E-state index in [2.05, 4.69) is 11.0 Å². The van der Waals surface area contributed by atoms with Crippen LogP contribution in [0.3, 0.4) is 0 Å². The third-order valence-corrected chi connectivity index (χ3v) is 7.01. The van der Waals surface area contributed by atoms with Gasteiger partial charge < -0.3 is 15.7 Å². The molecule has 2 amide bonds. The van der Waals surface area contributed by atoms with Crippen LogP contribution in [0, 0.1) is 30.1 Å². The molecular formula is C24H25ClN4O3. The number of rotatable bonds is 5. The SMILES string of the molecule is Cc1ccc(C(C(O)C(N)=O)N2CC3CN(C(=O)c4ccccc4C#N)CC3C2)cc1Cl. The van der Waals surface area contributed by atoms with Crippen molar-refractivity contribution in [2.45, 2.75) is 19.1 Å². The number of carbonyl (C=O) groups excluding carboxylic acids is 2. The van der Waals surface area contributed by atoms with Gasteiger partial charge in [-0.2, -0.15) is 5.26 Å². The summed E-state index contributed by atoms with van der Waals surface area (Å²) < 4.78 is 0. The molecule has 7 nitrogen and oxygen atoms in total. The van der Waals surface area contributed by atoms with Crippen molar-refractivity contribution in [1.82, 2.24) is 9.80 Å². The highest BCUT2D eigenvalue weighted by molar-refractivity contribution is 6.31. The summed E-state index contributed by atoms with van der Waals surface area (Å²) in [5.41, 5.74) is 7.89. The minimum Gasteiger partial charge on any atom is -0.381 e. The first-order chi connectivity index (χ1) is 15.3. The Balaban J connectivity index is 1.51. The number of fused-ring (bicyclic) bond motifs is 1. The fourth-order valence-corrected chi connectivity index (χ4v) is 5.09. The largest absolute Gasteiger partial charge is 0.381 e. The number of halogens is 1. The highest BCUT2D eigenvalue weighted by atomic mass is 35.5. The lowest BCUT2D eigenvalue weighted by Crippen LogP contribution is -2.44. The van der Waals surface area contributed by atoms with Crippen LogP contribution in [0.1, 0.15) is 33.1 Å². The lowest BCUT2D eigenvalue weighted by molar-refractivity contribution is -0.129. The van der Waals surface area contributed by atoms with E-state index in [1.54, 1.807) is 35.2 Å². The maximum Gasteiger partial charge on any atom is 0.255 e. The number of hydrogen-bond donors (Lipinski definition) is 2. The van der Waals surface area contributed by atoms with Crippen molar-refractivity contribution in [3.05, 3.63) is 69.7 Å². The first kappa shape index (κ1) is 22.3. The minimum atomic E-state index is -1.37. The van der Waals surface area contributed by atoms with Crippen molar-refractivity contribution in [2.24, 2.45) is 17.6 Å². The summed E-state index contributed by atoms with van der Waals surface area (Å²) in [7, 11) is 0. The van der Waals surface area contributed by atoms with Gasteiger partial charge in [0.2, 0.25) is 5.91 Å². The maximum atomic E-state index is 13.0. The number of carbonyl (C=O) groups is 2. The van der Waals surface area contributed by atoms with Crippen molar-refractivity contribution >= 4 is 23.4 Å². The predicted octanol–water partition coefficient (Wildman–Crippen LogP) is 2.11. The van der Waals surface area contributed by atoms with Gasteiger partial charge in [0.1, 0.15) is 0 Å². The van der Waals surface area contributed by atoms with Crippen LogP contribution in [0.15, 0.2) is 42.5 Å². The molecule has 32 heavy (non-hydrogen) atoms. The lowest BCUT2D eigenvalue weighted by Gasteiger charge is -2.32. The zero-order valence-corrected chi connectivity index (χ0v) is 18.5. The first-order valence-corrected chi connectivity index (χ1v) is 10.9. The number of nitrogens with zero attached hydrogens (tertiary/aromatic N) is 3. The highest BCUT2D eigenvalue weighted by Crippen LogP contribution is 2.38. The second-order valence-electron chi connectivity index (χ2n) is 8.64. The number of aliphatic hydroxyl groups excluding tert-OH is 1. The van der Waals surface area contributed by atoms with Crippen LogP contribution in [0.2, 0.25) is 5.02 Å². The van der Waals surface area contributed by atoms with E-state index in [1.807, 2.05) is 19.1 Å². The van der Waals surface area contributed by atoms with Gasteiger partial charge in [-0.25, -0.2) is 0 Å². The lowest BCUT2D eigenvalue weighted by atomic mass is 9.98. The first-order valence-electron chi connectivity index (χ1n) is 10.6. The summed E-state index contributed by atoms with van der Waals surface area (Å²) in [4.78, 5) is 28.7. The van der Waals surface area contributed by atoms with Crippen molar-refractivity contribution < 1.29 is 14.7 Å². The maximum absolute atomic E-state index is 13.0. The number of nitriles is 1. The molecular weight excluding hydrogens is 428 g/mol. The van der Waals surface area contributed by atoms with Crippen molar-refractivity contribution in [3.63, 3.8) is 0 Å². The van der Waals surface area contributed by atoms with Crippen LogP contribution in [0.5, 0.6) is 0 Å². The molecule has 2 fully saturated rings. The van der Waals surface area contributed by atoms with Gasteiger partial charge in [0.05, 0.1) is 23.2 Å². The number of amides is 2. The molecule has 3 N–H and O–H groups in total. The van der Waals surface area contributed by atoms with Crippen molar-refractivity contribution in [3.8, 4) is 6.07 Å². The van der Waals surface area contributed by atoms with E-state index in [4.69, 9.17) is 17.3 Å². The summed E-state index contributed by atoms with van der Waals surface area (Å²) in [6.07, 6.45) is -1.37. The summed E-state index contributed by atoms with van der Waals surface area (Å²) in [5, 5.41) is 20.5. The van der Waals surface area contributed by atoms with Gasteiger partial charge in [0.15, 0.2) is 6.10 Å². The van der Waals surface area contributed by atoms with Gasteiger partial charge in [-0.05, 0) is 48.1 Å². The molecule has 4 atom stereocenters. The topological polar surface area (TPSA) is 111 Å². The van der Waals surface area contributed by atoms with E-state index in [0.717, 1.165) is 11.1 Å². The highest BCUT2D eigenvalue weighted by Gasteiger charge is 2.46. The monoisotopic (exact) mass is 452 g/mol. The van der Waals surface area contributed by atoms with Crippen molar-refractivity contribution in [2.75, 3.05) is 26.2 Å². The number of primary amides is 1. The summed E-state index contributed by atoms with van der Waals surface area (Å²) in [6.45, 7) is 4.26. The van der Waals surface area contributed by atoms with Crippen LogP contribution in [0.4, 0.5) is 0 Å². The van der Waals surface area contributed by atoms with Gasteiger partial charge in [0, 0.05) is 31.2 Å². The number of aliphatic hydroxyl groups is 1. The molecule has 8 heteroatoms. The Morgan fingerprint density at radius 2 is 1.81 bits per heavy atom. The van der Waals surface area contributed by atoms with Gasteiger partial charge in [-0.1, -0.05) is 35.9 Å². The summed E-state index contributed by atoms with van der Waals surface area (Å²) in [6, 6.07) is 13.8. The number of benzene rings is 2. The minimum absolute atomic E-state index is 0.137. The van der Waals surface area contributed by atoms with Crippen LogP contribution in [-0.4, -0.2) is 59.0 Å². The van der Waals surface area contributed by atoms with Crippen LogP contribution in [0.25, 0.3) is 0 Å². The van der Waals surface area contributed by atoms with Gasteiger partial charge in [-0.15, -0.1) is 0 Å². The number of nitrogens with two attached hydrogens (primary N) is 1. The quantitative estimate of drug-likeness (QED) is 0.721. The number of hydrogen-bond acceptors (Lipinski definition) is 5. The van der Waals surface area contributed by atoms with Crippen LogP contribution < -0.4 is 5.73 Å². The summed E-state index contributed by atoms with van der Waals surface area (Å²) in [5.74, 6) is -0.510. The molecule has 0 aromatic heterocycles. The summed E-state index contributed by atoms with van der Waals surface area (Å²) >= 11 is 6.30. The number of aryl methyl sites for hydroxylation is 1. The van der Waals surface area contributed by atoms with Crippen LogP contribution in [-0.2, 0) is 4.79 Å². The smallest absolute Gasteiger partial charge is 0.255 e. The number of likely N-dealkylation sites (tertiary alicyclic amines) is 2. The molecule has 2 aliphatic heterocycles. The zero-order valence-electron chi connectivity index (χ0n) is 17.7. The molecule has 2 heterocycles. The molecule has 0 aliphatic carbocycles. The van der Waals surface area contributed by atoms with Gasteiger partial charge in [0.25, 0.3) is 5.91 Å². The second-order valence-corrected chi connectivity index (χ2v) is 9.05. The molecule has 0 radical (unpaired) electrons. The Morgan fingerprint density at radius 3 is 2.41 bits per heavy atom. The third-order valence-electron chi connectivity index (χ3n) is 6.60. The van der Waals surface area contributed by atoms with Crippen LogP contribution >= 0.6 is 11.6 Å². The third kappa shape index (κ3) is 4.09. The molecule has 0 saturated carbocycles. The Morgan fingerprint density at radius 1 is 1.16 bits per heavy atom. The van der Waals surface area contributed by atoms with Gasteiger partial charge in [-0.3, -0.25) is 14.5 Å². The average Bonchev–Trinajstić information content (AvgIpc) is 3.35. The fourth-order valence-electron chi connectivity index (χ4n) is 4.90.